The van der Waals surface area contributed by atoms with Gasteiger partial charge in [-0.1, -0.05) is 30.3 Å². The molecule has 4 heteroatoms. The Morgan fingerprint density at radius 3 is 3.00 bits per heavy atom. The van der Waals surface area contributed by atoms with E-state index in [-0.39, 0.29) is 12.1 Å². The van der Waals surface area contributed by atoms with Crippen molar-refractivity contribution in [2.24, 2.45) is 0 Å². The first kappa shape index (κ1) is 15.4. The summed E-state index contributed by atoms with van der Waals surface area (Å²) in [4.78, 5) is 13.8. The van der Waals surface area contributed by atoms with Crippen molar-refractivity contribution in [1.82, 2.24) is 10.2 Å². The molecule has 112 valence electrons. The van der Waals surface area contributed by atoms with Crippen molar-refractivity contribution in [2.75, 3.05) is 26.2 Å². The van der Waals surface area contributed by atoms with Crippen molar-refractivity contribution in [1.29, 1.82) is 0 Å². The lowest BCUT2D eigenvalue weighted by Gasteiger charge is -2.33. The molecule has 1 aliphatic heterocycles. The second kappa shape index (κ2) is 8.33. The number of amides is 1. The summed E-state index contributed by atoms with van der Waals surface area (Å²) < 4.78 is 5.25. The molecule has 0 radical (unpaired) electrons. The highest BCUT2D eigenvalue weighted by atomic mass is 16.6. The number of benzene rings is 1. The molecule has 1 aliphatic rings. The fraction of sp³-hybridized carbons (Fsp3) is 0.471. The summed E-state index contributed by atoms with van der Waals surface area (Å²) in [6.07, 6.45) is 7.23. The number of carbonyl (C=O) groups excluding carboxylic acids is 1. The highest BCUT2D eigenvalue weighted by Gasteiger charge is 2.24. The number of nitrogens with zero attached hydrogens (tertiary/aromatic N) is 1. The van der Waals surface area contributed by atoms with Crippen LogP contribution >= 0.6 is 0 Å². The van der Waals surface area contributed by atoms with Gasteiger partial charge in [-0.3, -0.25) is 0 Å². The second-order valence-corrected chi connectivity index (χ2v) is 5.21. The number of hydrogen-bond donors (Lipinski definition) is 1. The Balaban J connectivity index is 1.77. The van der Waals surface area contributed by atoms with Crippen LogP contribution in [0.5, 0.6) is 0 Å². The quantitative estimate of drug-likeness (QED) is 0.665. The van der Waals surface area contributed by atoms with Gasteiger partial charge < -0.3 is 15.0 Å². The molecule has 0 spiro atoms. The summed E-state index contributed by atoms with van der Waals surface area (Å²) in [5, 5.41) is 3.45. The maximum Gasteiger partial charge on any atom is 0.409 e. The van der Waals surface area contributed by atoms with Gasteiger partial charge in [0.05, 0.1) is 6.61 Å². The summed E-state index contributed by atoms with van der Waals surface area (Å²) in [6, 6.07) is 10.6. The summed E-state index contributed by atoms with van der Waals surface area (Å²) in [5.41, 5.74) is 1.28. The van der Waals surface area contributed by atoms with E-state index in [1.165, 1.54) is 5.56 Å². The molecule has 1 saturated heterocycles. The van der Waals surface area contributed by atoms with E-state index in [0.717, 1.165) is 19.4 Å². The molecular formula is C17H22N2O2. The molecule has 1 amide bonds. The normalized spacial score (nSPS) is 18.0. The maximum atomic E-state index is 12.0. The van der Waals surface area contributed by atoms with Crippen LogP contribution in [0, 0.1) is 12.3 Å². The van der Waals surface area contributed by atoms with Crippen molar-refractivity contribution in [3.8, 4) is 12.3 Å². The van der Waals surface area contributed by atoms with E-state index in [1.807, 2.05) is 18.2 Å². The Bertz CT molecular complexity index is 481. The molecule has 2 rings (SSSR count). The zero-order chi connectivity index (χ0) is 14.9. The average molecular weight is 286 g/mol. The van der Waals surface area contributed by atoms with Crippen molar-refractivity contribution in [2.45, 2.75) is 25.3 Å². The number of ether oxygens (including phenoxy) is 1. The van der Waals surface area contributed by atoms with E-state index in [9.17, 15) is 4.79 Å². The number of rotatable bonds is 5. The molecule has 1 N–H and O–H groups in total. The predicted octanol–water partition coefficient (Wildman–Crippen LogP) is 2.05. The molecule has 0 aromatic heterocycles. The number of terminal acetylenes is 1. The van der Waals surface area contributed by atoms with Crippen LogP contribution in [0.3, 0.4) is 0 Å². The fourth-order valence-electron chi connectivity index (χ4n) is 2.45. The highest BCUT2D eigenvalue weighted by molar-refractivity contribution is 5.67. The molecule has 1 unspecified atom stereocenters. The Kier molecular flexibility index (Phi) is 6.11. The molecular weight excluding hydrogens is 264 g/mol. The lowest BCUT2D eigenvalue weighted by molar-refractivity contribution is 0.0899. The molecule has 0 bridgehead atoms. The van der Waals surface area contributed by atoms with Crippen LogP contribution in [0.2, 0.25) is 0 Å². The zero-order valence-corrected chi connectivity index (χ0v) is 12.3. The fourth-order valence-corrected chi connectivity index (χ4v) is 2.45. The standard InChI is InChI=1S/C17H22N2O2/c1-2-3-7-12-21-17(20)19-11-10-18-16(14-19)13-15-8-5-4-6-9-15/h1,4-6,8-9,16,18H,3,7,10-14H2. The van der Waals surface area contributed by atoms with Crippen LogP contribution in [0.1, 0.15) is 18.4 Å². The molecule has 4 nitrogen and oxygen atoms in total. The number of unbranched alkanes of at least 4 members (excludes halogenated alkanes) is 1. The van der Waals surface area contributed by atoms with Gasteiger partial charge in [-0.2, -0.15) is 0 Å². The first-order chi connectivity index (χ1) is 10.3. The highest BCUT2D eigenvalue weighted by Crippen LogP contribution is 2.09. The minimum Gasteiger partial charge on any atom is -0.449 e. The van der Waals surface area contributed by atoms with Crippen molar-refractivity contribution in [3.05, 3.63) is 35.9 Å². The largest absolute Gasteiger partial charge is 0.449 e. The number of carbonyl (C=O) groups is 1. The average Bonchev–Trinajstić information content (AvgIpc) is 2.53. The number of hydrogen-bond acceptors (Lipinski definition) is 3. The van der Waals surface area contributed by atoms with Gasteiger partial charge in [-0.25, -0.2) is 4.79 Å². The van der Waals surface area contributed by atoms with Crippen LogP contribution in [0.15, 0.2) is 30.3 Å². The van der Waals surface area contributed by atoms with E-state index in [4.69, 9.17) is 11.2 Å². The lowest BCUT2D eigenvalue weighted by atomic mass is 10.0. The van der Waals surface area contributed by atoms with Gasteiger partial charge in [-0.05, 0) is 18.4 Å². The first-order valence-electron chi connectivity index (χ1n) is 7.42. The SMILES string of the molecule is C#CCCCOC(=O)N1CCNC(Cc2ccccc2)C1. The zero-order valence-electron chi connectivity index (χ0n) is 12.3. The number of nitrogens with one attached hydrogen (secondary N) is 1. The second-order valence-electron chi connectivity index (χ2n) is 5.21. The molecule has 1 heterocycles. The maximum absolute atomic E-state index is 12.0. The van der Waals surface area contributed by atoms with Crippen molar-refractivity contribution >= 4 is 6.09 Å². The molecule has 1 aromatic carbocycles. The Hall–Kier alpha value is -1.99. The van der Waals surface area contributed by atoms with Crippen LogP contribution in [-0.4, -0.2) is 43.3 Å². The van der Waals surface area contributed by atoms with Gasteiger partial charge in [-0.15, -0.1) is 12.3 Å². The molecule has 1 atom stereocenters. The summed E-state index contributed by atoms with van der Waals surface area (Å²) >= 11 is 0. The van der Waals surface area contributed by atoms with Gasteiger partial charge in [0.2, 0.25) is 0 Å². The topological polar surface area (TPSA) is 41.6 Å². The lowest BCUT2D eigenvalue weighted by Crippen LogP contribution is -2.53. The van der Waals surface area contributed by atoms with Crippen LogP contribution in [0.25, 0.3) is 0 Å². The molecule has 21 heavy (non-hydrogen) atoms. The van der Waals surface area contributed by atoms with Crippen LogP contribution < -0.4 is 5.32 Å². The van der Waals surface area contributed by atoms with E-state index < -0.39 is 0 Å². The van der Waals surface area contributed by atoms with E-state index >= 15 is 0 Å². The minimum absolute atomic E-state index is 0.230. The monoisotopic (exact) mass is 286 g/mol. The van der Waals surface area contributed by atoms with Crippen LogP contribution in [-0.2, 0) is 11.2 Å². The van der Waals surface area contributed by atoms with Gasteiger partial charge in [0.1, 0.15) is 0 Å². The summed E-state index contributed by atoms with van der Waals surface area (Å²) in [5.74, 6) is 2.54. The van der Waals surface area contributed by atoms with Gasteiger partial charge in [0.15, 0.2) is 0 Å². The van der Waals surface area contributed by atoms with Crippen molar-refractivity contribution in [3.63, 3.8) is 0 Å². The summed E-state index contributed by atoms with van der Waals surface area (Å²) in [6.45, 7) is 2.58. The molecule has 0 saturated carbocycles. The molecule has 1 fully saturated rings. The smallest absolute Gasteiger partial charge is 0.409 e. The first-order valence-corrected chi connectivity index (χ1v) is 7.42. The third kappa shape index (κ3) is 5.13. The Morgan fingerprint density at radius 2 is 2.24 bits per heavy atom. The van der Waals surface area contributed by atoms with Crippen molar-refractivity contribution < 1.29 is 9.53 Å². The number of piperazine rings is 1. The third-order valence-corrected chi connectivity index (χ3v) is 3.53. The van der Waals surface area contributed by atoms with E-state index in [2.05, 4.69) is 23.4 Å². The minimum atomic E-state index is -0.230. The van der Waals surface area contributed by atoms with Gasteiger partial charge >= 0.3 is 6.09 Å². The Morgan fingerprint density at radius 1 is 1.43 bits per heavy atom. The molecule has 1 aromatic rings. The predicted molar refractivity (Wildman–Crippen MR) is 82.9 cm³/mol. The van der Waals surface area contributed by atoms with Gasteiger partial charge in [0, 0.05) is 32.1 Å². The van der Waals surface area contributed by atoms with Gasteiger partial charge in [0.25, 0.3) is 0 Å². The van der Waals surface area contributed by atoms with Crippen LogP contribution in [0.4, 0.5) is 4.79 Å². The molecule has 0 aliphatic carbocycles. The Labute approximate surface area is 126 Å². The van der Waals surface area contributed by atoms with E-state index in [1.54, 1.807) is 4.90 Å². The van der Waals surface area contributed by atoms with E-state index in [0.29, 0.717) is 26.1 Å². The summed E-state index contributed by atoms with van der Waals surface area (Å²) in [7, 11) is 0. The third-order valence-electron chi connectivity index (χ3n) is 3.53.